The Labute approximate surface area is 172 Å². The van der Waals surface area contributed by atoms with Crippen molar-refractivity contribution in [3.8, 4) is 0 Å². The number of aryl methyl sites for hydroxylation is 2. The van der Waals surface area contributed by atoms with E-state index < -0.39 is 0 Å². The van der Waals surface area contributed by atoms with E-state index in [1.54, 1.807) is 23.1 Å². The van der Waals surface area contributed by atoms with Crippen molar-refractivity contribution in [2.75, 3.05) is 0 Å². The molecule has 28 heavy (non-hydrogen) atoms. The predicted molar refractivity (Wildman–Crippen MR) is 112 cm³/mol. The molecule has 0 aliphatic carbocycles. The van der Waals surface area contributed by atoms with E-state index in [-0.39, 0.29) is 5.91 Å². The van der Waals surface area contributed by atoms with Crippen molar-refractivity contribution in [2.24, 2.45) is 0 Å². The van der Waals surface area contributed by atoms with Crippen LogP contribution in [0.5, 0.6) is 0 Å². The molecule has 146 valence electrons. The van der Waals surface area contributed by atoms with Crippen LogP contribution >= 0.6 is 23.1 Å². The Morgan fingerprint density at radius 2 is 2.07 bits per heavy atom. The zero-order valence-corrected chi connectivity index (χ0v) is 17.5. The molecule has 2 aromatic heterocycles. The molecule has 3 heterocycles. The van der Waals surface area contributed by atoms with Crippen LogP contribution in [0.4, 0.5) is 0 Å². The summed E-state index contributed by atoms with van der Waals surface area (Å²) >= 11 is 3.39. The third kappa shape index (κ3) is 4.62. The van der Waals surface area contributed by atoms with E-state index in [0.717, 1.165) is 53.2 Å². The monoisotopic (exact) mass is 413 g/mol. The van der Waals surface area contributed by atoms with Crippen LogP contribution in [0, 0.1) is 6.92 Å². The lowest BCUT2D eigenvalue weighted by Gasteiger charge is -2.08. The first-order valence-electron chi connectivity index (χ1n) is 9.52. The molecule has 4 rings (SSSR count). The number of fused-ring (bicyclic) bond motifs is 1. The number of carbonyl (C=O) groups excluding carboxylic acids is 1. The molecule has 8 heteroatoms. The first kappa shape index (κ1) is 19.1. The molecule has 6 nitrogen and oxygen atoms in total. The molecule has 1 N–H and O–H groups in total. The predicted octanol–water partition coefficient (Wildman–Crippen LogP) is 3.99. The summed E-state index contributed by atoms with van der Waals surface area (Å²) < 4.78 is 3.24. The van der Waals surface area contributed by atoms with Gasteiger partial charge in [0.1, 0.15) is 10.2 Å². The molecule has 1 aromatic carbocycles. The Kier molecular flexibility index (Phi) is 6.07. The fraction of sp³-hybridized carbons (Fsp3) is 0.400. The number of nitrogens with one attached hydrogen (secondary N) is 1. The van der Waals surface area contributed by atoms with Crippen LogP contribution in [0.1, 0.15) is 52.5 Å². The van der Waals surface area contributed by atoms with Crippen molar-refractivity contribution in [2.45, 2.75) is 55.8 Å². The number of benzene rings is 1. The molecule has 0 unspecified atom stereocenters. The van der Waals surface area contributed by atoms with Crippen molar-refractivity contribution in [1.82, 2.24) is 25.1 Å². The molecule has 0 bridgehead atoms. The van der Waals surface area contributed by atoms with E-state index in [4.69, 9.17) is 0 Å². The number of hydrogen-bond acceptors (Lipinski definition) is 6. The van der Waals surface area contributed by atoms with Gasteiger partial charge in [-0.15, -0.1) is 21.5 Å². The van der Waals surface area contributed by atoms with E-state index in [1.807, 2.05) is 31.2 Å². The largest absolute Gasteiger partial charge is 0.345 e. The molecule has 3 aromatic rings. The number of amides is 1. The lowest BCUT2D eigenvalue weighted by Crippen LogP contribution is -2.25. The lowest BCUT2D eigenvalue weighted by molar-refractivity contribution is 0.0949. The van der Waals surface area contributed by atoms with Gasteiger partial charge in [0.15, 0.2) is 5.82 Å². The molecule has 0 atom stereocenters. The molecule has 1 aliphatic heterocycles. The number of carbonyl (C=O) groups is 1. The maximum Gasteiger partial charge on any atom is 0.251 e. The highest BCUT2D eigenvalue weighted by molar-refractivity contribution is 8.00. The average molecular weight is 414 g/mol. The van der Waals surface area contributed by atoms with Gasteiger partial charge in [-0.05, 0) is 37.5 Å². The van der Waals surface area contributed by atoms with Crippen LogP contribution < -0.4 is 5.32 Å². The van der Waals surface area contributed by atoms with Crippen LogP contribution in [-0.2, 0) is 25.3 Å². The molecule has 0 radical (unpaired) electrons. The minimum absolute atomic E-state index is 0.0827. The van der Waals surface area contributed by atoms with Crippen LogP contribution in [-0.4, -0.2) is 25.7 Å². The van der Waals surface area contributed by atoms with E-state index >= 15 is 0 Å². The van der Waals surface area contributed by atoms with E-state index in [1.165, 1.54) is 12.0 Å². The fourth-order valence-electron chi connectivity index (χ4n) is 3.23. The van der Waals surface area contributed by atoms with E-state index in [2.05, 4.69) is 30.4 Å². The standard InChI is InChI=1S/C20H23N5OS2/c1-14-12-27-20(22-14)28-13-15-6-8-16(9-7-15)19(26)21-11-18-24-23-17-5-3-2-4-10-25(17)18/h6-9,12H,2-5,10-11,13H2,1H3,(H,21,26). The highest BCUT2D eigenvalue weighted by Gasteiger charge is 2.15. The molecule has 0 fully saturated rings. The number of nitrogens with zero attached hydrogens (tertiary/aromatic N) is 4. The molecule has 1 amide bonds. The van der Waals surface area contributed by atoms with E-state index in [9.17, 15) is 4.79 Å². The second-order valence-corrected chi connectivity index (χ2v) is 9.00. The molecular formula is C20H23N5OS2. The molecule has 0 spiro atoms. The molecular weight excluding hydrogens is 390 g/mol. The minimum Gasteiger partial charge on any atom is -0.345 e. The third-order valence-electron chi connectivity index (χ3n) is 4.77. The van der Waals surface area contributed by atoms with Crippen LogP contribution in [0.2, 0.25) is 0 Å². The first-order chi connectivity index (χ1) is 13.7. The molecule has 1 aliphatic rings. The van der Waals surface area contributed by atoms with Gasteiger partial charge in [0.2, 0.25) is 0 Å². The summed E-state index contributed by atoms with van der Waals surface area (Å²) in [5.41, 5.74) is 2.90. The van der Waals surface area contributed by atoms with Crippen LogP contribution in [0.25, 0.3) is 0 Å². The van der Waals surface area contributed by atoms with Gasteiger partial charge in [-0.3, -0.25) is 4.79 Å². The fourth-order valence-corrected chi connectivity index (χ4v) is 5.04. The lowest BCUT2D eigenvalue weighted by atomic mass is 10.1. The van der Waals surface area contributed by atoms with Gasteiger partial charge in [-0.1, -0.05) is 30.3 Å². The normalized spacial score (nSPS) is 13.8. The summed E-state index contributed by atoms with van der Waals surface area (Å²) in [5, 5.41) is 13.6. The van der Waals surface area contributed by atoms with Gasteiger partial charge in [-0.2, -0.15) is 0 Å². The van der Waals surface area contributed by atoms with Crippen molar-refractivity contribution >= 4 is 29.0 Å². The Bertz CT molecular complexity index is 948. The number of thioether (sulfide) groups is 1. The summed E-state index contributed by atoms with van der Waals surface area (Å²) in [5.74, 6) is 2.65. The quantitative estimate of drug-likeness (QED) is 0.619. The van der Waals surface area contributed by atoms with Gasteiger partial charge in [-0.25, -0.2) is 4.98 Å². The van der Waals surface area contributed by atoms with Gasteiger partial charge >= 0.3 is 0 Å². The number of aromatic nitrogens is 4. The second-order valence-electron chi connectivity index (χ2n) is 6.92. The van der Waals surface area contributed by atoms with Gasteiger partial charge in [0.05, 0.1) is 6.54 Å². The smallest absolute Gasteiger partial charge is 0.251 e. The first-order valence-corrected chi connectivity index (χ1v) is 11.4. The van der Waals surface area contributed by atoms with Gasteiger partial charge < -0.3 is 9.88 Å². The van der Waals surface area contributed by atoms with Crippen molar-refractivity contribution in [3.63, 3.8) is 0 Å². The summed E-state index contributed by atoms with van der Waals surface area (Å²) in [6.45, 7) is 3.36. The Hall–Kier alpha value is -2.19. The third-order valence-corrected chi connectivity index (χ3v) is 6.98. The highest BCUT2D eigenvalue weighted by atomic mass is 32.2. The summed E-state index contributed by atoms with van der Waals surface area (Å²) in [6.07, 6.45) is 4.51. The van der Waals surface area contributed by atoms with Gasteiger partial charge in [0.25, 0.3) is 5.91 Å². The maximum atomic E-state index is 12.5. The minimum atomic E-state index is -0.0827. The molecule has 0 saturated heterocycles. The van der Waals surface area contributed by atoms with Crippen LogP contribution in [0.15, 0.2) is 34.0 Å². The van der Waals surface area contributed by atoms with Gasteiger partial charge in [0, 0.05) is 35.4 Å². The Balaban J connectivity index is 1.32. The average Bonchev–Trinajstić information content (AvgIpc) is 3.23. The van der Waals surface area contributed by atoms with Crippen LogP contribution in [0.3, 0.4) is 0 Å². The number of hydrogen-bond donors (Lipinski definition) is 1. The number of thiazole rings is 1. The van der Waals surface area contributed by atoms with Crippen molar-refractivity contribution in [1.29, 1.82) is 0 Å². The zero-order chi connectivity index (χ0) is 19.3. The van der Waals surface area contributed by atoms with Crippen molar-refractivity contribution in [3.05, 3.63) is 58.1 Å². The van der Waals surface area contributed by atoms with Crippen molar-refractivity contribution < 1.29 is 4.79 Å². The topological polar surface area (TPSA) is 72.7 Å². The molecule has 0 saturated carbocycles. The van der Waals surface area contributed by atoms with E-state index in [0.29, 0.717) is 12.1 Å². The summed E-state index contributed by atoms with van der Waals surface area (Å²) in [6, 6.07) is 7.77. The SMILES string of the molecule is Cc1csc(SCc2ccc(C(=O)NCc3nnc4n3CCCCC4)cc2)n1. The maximum absolute atomic E-state index is 12.5. The zero-order valence-electron chi connectivity index (χ0n) is 15.9. The summed E-state index contributed by atoms with van der Waals surface area (Å²) in [7, 11) is 0. The summed E-state index contributed by atoms with van der Waals surface area (Å²) in [4.78, 5) is 16.9. The highest BCUT2D eigenvalue weighted by Crippen LogP contribution is 2.26. The number of rotatable bonds is 6. The second kappa shape index (κ2) is 8.87. The Morgan fingerprint density at radius 1 is 1.21 bits per heavy atom. The Morgan fingerprint density at radius 3 is 2.86 bits per heavy atom.